The lowest BCUT2D eigenvalue weighted by atomic mass is 9.96. The van der Waals surface area contributed by atoms with Gasteiger partial charge in [-0.25, -0.2) is 9.59 Å². The van der Waals surface area contributed by atoms with Gasteiger partial charge >= 0.3 is 11.9 Å². The molecule has 2 N–H and O–H groups in total. The molecular formula is C26H28N2O8S. The largest absolute Gasteiger partial charge is 0.493 e. The van der Waals surface area contributed by atoms with Crippen LogP contribution in [0.5, 0.6) is 11.5 Å². The average molecular weight is 529 g/mol. The maximum absolute atomic E-state index is 12.3. The molecule has 196 valence electrons. The van der Waals surface area contributed by atoms with Gasteiger partial charge in [-0.2, -0.15) is 0 Å². The van der Waals surface area contributed by atoms with Crippen LogP contribution in [0.2, 0.25) is 0 Å². The molecule has 5 rings (SSSR count). The average Bonchev–Trinajstić information content (AvgIpc) is 3.36. The van der Waals surface area contributed by atoms with E-state index in [4.69, 9.17) is 14.2 Å². The SMILES string of the molecule is CC1(C)S[C@@H]2[C@H](NC(=O)Cc3ccccc3)C(=O)N2[C@H]1C(=O)O.COc1cc2c(cc1OC)C(=O)OC2. The lowest BCUT2D eigenvalue weighted by Gasteiger charge is -2.43. The van der Waals surface area contributed by atoms with Crippen molar-refractivity contribution < 1.29 is 38.5 Å². The number of rotatable bonds is 6. The molecule has 0 aromatic heterocycles. The molecule has 0 radical (unpaired) electrons. The van der Waals surface area contributed by atoms with Crippen molar-refractivity contribution in [3.05, 3.63) is 59.2 Å². The molecule has 10 nitrogen and oxygen atoms in total. The van der Waals surface area contributed by atoms with E-state index in [1.54, 1.807) is 19.2 Å². The number of hydrogen-bond donors (Lipinski definition) is 2. The second-order valence-corrected chi connectivity index (χ2v) is 11.0. The van der Waals surface area contributed by atoms with Gasteiger partial charge in [-0.1, -0.05) is 30.3 Å². The summed E-state index contributed by atoms with van der Waals surface area (Å²) in [6, 6.07) is 11.2. The molecule has 3 atom stereocenters. The van der Waals surface area contributed by atoms with Crippen molar-refractivity contribution in [1.82, 2.24) is 10.2 Å². The molecule has 0 aliphatic carbocycles. The number of esters is 1. The zero-order valence-electron chi connectivity index (χ0n) is 20.8. The topological polar surface area (TPSA) is 131 Å². The number of methoxy groups -OCH3 is 2. The Balaban J connectivity index is 0.000000195. The number of carboxylic acid groups (broad SMARTS) is 1. The first kappa shape index (κ1) is 26.3. The summed E-state index contributed by atoms with van der Waals surface area (Å²) in [5, 5.41) is 11.8. The Morgan fingerprint density at radius 2 is 1.78 bits per heavy atom. The third kappa shape index (κ3) is 5.08. The number of fused-ring (bicyclic) bond motifs is 2. The van der Waals surface area contributed by atoms with Crippen molar-refractivity contribution in [2.45, 2.75) is 49.1 Å². The van der Waals surface area contributed by atoms with Gasteiger partial charge in [0, 0.05) is 10.3 Å². The smallest absolute Gasteiger partial charge is 0.339 e. The zero-order valence-corrected chi connectivity index (χ0v) is 21.7. The molecular weight excluding hydrogens is 500 g/mol. The monoisotopic (exact) mass is 528 g/mol. The normalized spacial score (nSPS) is 22.5. The lowest BCUT2D eigenvalue weighted by Crippen LogP contribution is -2.70. The summed E-state index contributed by atoms with van der Waals surface area (Å²) in [4.78, 5) is 48.4. The molecule has 0 unspecified atom stereocenters. The van der Waals surface area contributed by atoms with Gasteiger partial charge in [0.05, 0.1) is 26.2 Å². The summed E-state index contributed by atoms with van der Waals surface area (Å²) >= 11 is 1.42. The summed E-state index contributed by atoms with van der Waals surface area (Å²) in [6.45, 7) is 3.93. The third-order valence-corrected chi connectivity index (χ3v) is 7.96. The van der Waals surface area contributed by atoms with Crippen LogP contribution in [0, 0.1) is 0 Å². The number of cyclic esters (lactones) is 1. The second-order valence-electron chi connectivity index (χ2n) is 9.25. The molecule has 3 aliphatic heterocycles. The summed E-state index contributed by atoms with van der Waals surface area (Å²) in [5.41, 5.74) is 2.27. The van der Waals surface area contributed by atoms with Crippen LogP contribution in [0.3, 0.4) is 0 Å². The first-order chi connectivity index (χ1) is 17.6. The quantitative estimate of drug-likeness (QED) is 0.428. The first-order valence-electron chi connectivity index (χ1n) is 11.6. The van der Waals surface area contributed by atoms with Crippen LogP contribution in [-0.4, -0.2) is 70.2 Å². The fourth-order valence-electron chi connectivity index (χ4n) is 4.60. The van der Waals surface area contributed by atoms with Crippen molar-refractivity contribution in [3.63, 3.8) is 0 Å². The highest BCUT2D eigenvalue weighted by Crippen LogP contribution is 2.50. The zero-order chi connectivity index (χ0) is 26.9. The summed E-state index contributed by atoms with van der Waals surface area (Å²) in [7, 11) is 3.09. The molecule has 2 aromatic carbocycles. The molecule has 2 saturated heterocycles. The molecule has 2 aromatic rings. The molecule has 2 amide bonds. The van der Waals surface area contributed by atoms with Crippen molar-refractivity contribution in [1.29, 1.82) is 0 Å². The van der Waals surface area contributed by atoms with Crippen LogP contribution >= 0.6 is 11.8 Å². The Morgan fingerprint density at radius 3 is 2.41 bits per heavy atom. The number of ether oxygens (including phenoxy) is 3. The van der Waals surface area contributed by atoms with Gasteiger partial charge in [0.25, 0.3) is 0 Å². The number of thioether (sulfide) groups is 1. The number of β-lactam (4-membered cyclic amide) rings is 1. The molecule has 2 fully saturated rings. The Morgan fingerprint density at radius 1 is 1.14 bits per heavy atom. The maximum atomic E-state index is 12.3. The highest BCUT2D eigenvalue weighted by atomic mass is 32.2. The molecule has 11 heteroatoms. The van der Waals surface area contributed by atoms with Crippen LogP contribution < -0.4 is 14.8 Å². The fraction of sp³-hybridized carbons (Fsp3) is 0.385. The van der Waals surface area contributed by atoms with Crippen LogP contribution in [0.15, 0.2) is 42.5 Å². The maximum Gasteiger partial charge on any atom is 0.339 e. The number of carbonyl (C=O) groups excluding carboxylic acids is 3. The minimum atomic E-state index is -1.01. The van der Waals surface area contributed by atoms with Crippen LogP contribution in [0.25, 0.3) is 0 Å². The van der Waals surface area contributed by atoms with Crippen LogP contribution in [0.4, 0.5) is 0 Å². The van der Waals surface area contributed by atoms with E-state index in [1.807, 2.05) is 44.2 Å². The number of aliphatic carboxylic acids is 1. The van der Waals surface area contributed by atoms with Crippen LogP contribution in [-0.2, 0) is 32.1 Å². The van der Waals surface area contributed by atoms with Gasteiger partial charge < -0.3 is 29.5 Å². The predicted octanol–water partition coefficient (Wildman–Crippen LogP) is 2.23. The van der Waals surface area contributed by atoms with E-state index in [0.717, 1.165) is 11.1 Å². The minimum Gasteiger partial charge on any atom is -0.493 e. The van der Waals surface area contributed by atoms with E-state index in [9.17, 15) is 24.3 Å². The predicted molar refractivity (Wildman–Crippen MR) is 134 cm³/mol. The Kier molecular flexibility index (Phi) is 7.35. The Hall–Kier alpha value is -3.73. The van der Waals surface area contributed by atoms with Crippen molar-refractivity contribution in [2.75, 3.05) is 14.2 Å². The van der Waals surface area contributed by atoms with E-state index in [-0.39, 0.29) is 29.6 Å². The van der Waals surface area contributed by atoms with E-state index in [1.165, 1.54) is 23.8 Å². The van der Waals surface area contributed by atoms with E-state index < -0.39 is 22.8 Å². The Bertz CT molecular complexity index is 1230. The van der Waals surface area contributed by atoms with E-state index >= 15 is 0 Å². The number of benzene rings is 2. The highest BCUT2D eigenvalue weighted by molar-refractivity contribution is 8.01. The standard InChI is InChI=1S/C16H18N2O4S.C10H10O4/c1-16(2)12(15(21)22)18-13(20)11(14(18)23-16)17-10(19)8-9-6-4-3-5-7-9;1-12-8-3-6-5-14-10(11)7(6)4-9(8)13-2/h3-7,11-12,14H,8H2,1-2H3,(H,17,19)(H,21,22);3-4H,5H2,1-2H3/t11-,12+,14-;/m1./s1. The number of nitrogens with one attached hydrogen (secondary N) is 1. The van der Waals surface area contributed by atoms with Gasteiger partial charge in [0.1, 0.15) is 24.1 Å². The summed E-state index contributed by atoms with van der Waals surface area (Å²) in [5.74, 6) is -0.698. The molecule has 3 aliphatic rings. The van der Waals surface area contributed by atoms with E-state index in [2.05, 4.69) is 5.32 Å². The first-order valence-corrected chi connectivity index (χ1v) is 12.4. The van der Waals surface area contributed by atoms with Gasteiger partial charge in [-0.15, -0.1) is 11.8 Å². The van der Waals surface area contributed by atoms with Gasteiger partial charge in [-0.3, -0.25) is 9.59 Å². The van der Waals surface area contributed by atoms with Gasteiger partial charge in [-0.05, 0) is 31.5 Å². The Labute approximate surface area is 218 Å². The summed E-state index contributed by atoms with van der Waals surface area (Å²) in [6.07, 6.45) is 0.202. The number of carboxylic acids is 1. The number of hydrogen-bond acceptors (Lipinski definition) is 8. The molecule has 0 bridgehead atoms. The van der Waals surface area contributed by atoms with E-state index in [0.29, 0.717) is 23.7 Å². The fourth-order valence-corrected chi connectivity index (χ4v) is 6.23. The number of nitrogens with zero attached hydrogens (tertiary/aromatic N) is 1. The second kappa shape index (κ2) is 10.3. The van der Waals surface area contributed by atoms with Crippen molar-refractivity contribution >= 4 is 35.5 Å². The summed E-state index contributed by atoms with van der Waals surface area (Å²) < 4.78 is 14.5. The number of carbonyl (C=O) groups is 4. The van der Waals surface area contributed by atoms with Gasteiger partial charge in [0.2, 0.25) is 11.8 Å². The minimum absolute atomic E-state index is 0.202. The highest BCUT2D eigenvalue weighted by Gasteiger charge is 2.64. The molecule has 3 heterocycles. The lowest BCUT2D eigenvalue weighted by molar-refractivity contribution is -0.161. The van der Waals surface area contributed by atoms with Crippen molar-refractivity contribution in [2.24, 2.45) is 0 Å². The third-order valence-electron chi connectivity index (χ3n) is 6.39. The molecule has 37 heavy (non-hydrogen) atoms. The molecule has 0 saturated carbocycles. The van der Waals surface area contributed by atoms with Crippen LogP contribution in [0.1, 0.15) is 35.3 Å². The molecule has 0 spiro atoms. The van der Waals surface area contributed by atoms with Gasteiger partial charge in [0.15, 0.2) is 11.5 Å². The number of amides is 2. The van der Waals surface area contributed by atoms with Crippen molar-refractivity contribution in [3.8, 4) is 11.5 Å².